The van der Waals surface area contributed by atoms with E-state index in [1.165, 1.54) is 0 Å². The molecule has 2 rings (SSSR count). The number of carbonyl (C=O) groups excluding carboxylic acids is 1. The summed E-state index contributed by atoms with van der Waals surface area (Å²) in [6.07, 6.45) is 0. The highest BCUT2D eigenvalue weighted by Gasteiger charge is 2.20. The molecule has 92 valence electrons. The highest BCUT2D eigenvalue weighted by Crippen LogP contribution is 2.14. The Balaban J connectivity index is 2.05. The Labute approximate surface area is 103 Å². The molecule has 1 aliphatic heterocycles. The second-order valence-corrected chi connectivity index (χ2v) is 5.56. The van der Waals surface area contributed by atoms with Crippen molar-refractivity contribution in [3.05, 3.63) is 29.8 Å². The van der Waals surface area contributed by atoms with E-state index in [1.807, 2.05) is 0 Å². The van der Waals surface area contributed by atoms with Crippen molar-refractivity contribution in [3.8, 4) is 5.75 Å². The predicted octanol–water partition coefficient (Wildman–Crippen LogP) is 0.900. The molecule has 1 aliphatic rings. The van der Waals surface area contributed by atoms with E-state index in [0.717, 1.165) is 5.75 Å². The van der Waals surface area contributed by atoms with Crippen LogP contribution in [0.15, 0.2) is 24.3 Å². The molecule has 1 amide bonds. The van der Waals surface area contributed by atoms with Crippen LogP contribution in [0.5, 0.6) is 5.75 Å². The molecule has 0 aromatic heterocycles. The van der Waals surface area contributed by atoms with Crippen molar-refractivity contribution in [3.63, 3.8) is 0 Å². The zero-order valence-corrected chi connectivity index (χ0v) is 10.5. The minimum Gasteiger partial charge on any atom is -0.497 e. The van der Waals surface area contributed by atoms with Gasteiger partial charge in [-0.2, -0.15) is 0 Å². The predicted molar refractivity (Wildman–Crippen MR) is 66.8 cm³/mol. The average Bonchev–Trinajstić information content (AvgIpc) is 2.39. The highest BCUT2D eigenvalue weighted by atomic mass is 32.2. The molecule has 0 spiro atoms. The Hall–Kier alpha value is -1.36. The number of methoxy groups -OCH3 is 1. The van der Waals surface area contributed by atoms with Crippen LogP contribution in [0, 0.1) is 0 Å². The fourth-order valence-electron chi connectivity index (χ4n) is 1.76. The van der Waals surface area contributed by atoms with Gasteiger partial charge in [-0.1, -0.05) is 0 Å². The summed E-state index contributed by atoms with van der Waals surface area (Å²) in [5, 5.41) is 0. The Morgan fingerprint density at radius 2 is 1.82 bits per heavy atom. The Bertz CT molecular complexity index is 420. The zero-order chi connectivity index (χ0) is 12.3. The summed E-state index contributed by atoms with van der Waals surface area (Å²) in [7, 11) is 0.841. The van der Waals surface area contributed by atoms with Crippen LogP contribution in [0.2, 0.25) is 0 Å². The number of carbonyl (C=O) groups is 1. The summed E-state index contributed by atoms with van der Waals surface area (Å²) in [6, 6.07) is 7.06. The summed E-state index contributed by atoms with van der Waals surface area (Å²) >= 11 is 0. The van der Waals surface area contributed by atoms with E-state index in [0.29, 0.717) is 30.2 Å². The lowest BCUT2D eigenvalue weighted by atomic mass is 10.2. The van der Waals surface area contributed by atoms with Crippen molar-refractivity contribution < 1.29 is 13.7 Å². The molecule has 0 bridgehead atoms. The third-order valence-electron chi connectivity index (χ3n) is 2.80. The third-order valence-corrected chi connectivity index (χ3v) is 4.08. The number of ether oxygens (including phenoxy) is 1. The van der Waals surface area contributed by atoms with Gasteiger partial charge in [-0.05, 0) is 24.3 Å². The normalized spacial score (nSPS) is 16.9. The van der Waals surface area contributed by atoms with Crippen LogP contribution in [0.4, 0.5) is 0 Å². The molecule has 1 heterocycles. The largest absolute Gasteiger partial charge is 0.497 e. The highest BCUT2D eigenvalue weighted by molar-refractivity contribution is 7.85. The first-order chi connectivity index (χ1) is 8.20. The summed E-state index contributed by atoms with van der Waals surface area (Å²) in [4.78, 5) is 13.8. The minimum atomic E-state index is -0.753. The van der Waals surface area contributed by atoms with E-state index in [-0.39, 0.29) is 5.91 Å². The molecule has 0 N–H and O–H groups in total. The van der Waals surface area contributed by atoms with Crippen LogP contribution < -0.4 is 4.74 Å². The molecule has 1 aromatic rings. The fourth-order valence-corrected chi connectivity index (χ4v) is 2.81. The molecule has 1 saturated heterocycles. The number of hydrogen-bond donors (Lipinski definition) is 0. The Morgan fingerprint density at radius 3 is 2.35 bits per heavy atom. The summed E-state index contributed by atoms with van der Waals surface area (Å²) in [6.45, 7) is 1.16. The van der Waals surface area contributed by atoms with Gasteiger partial charge in [-0.3, -0.25) is 9.00 Å². The molecule has 0 aliphatic carbocycles. The molecule has 0 radical (unpaired) electrons. The molecule has 0 saturated carbocycles. The molecule has 0 atom stereocenters. The molecule has 17 heavy (non-hydrogen) atoms. The zero-order valence-electron chi connectivity index (χ0n) is 9.72. The van der Waals surface area contributed by atoms with Gasteiger partial charge in [0.1, 0.15) is 5.75 Å². The molecule has 1 fully saturated rings. The van der Waals surface area contributed by atoms with E-state index < -0.39 is 10.8 Å². The van der Waals surface area contributed by atoms with E-state index in [4.69, 9.17) is 4.74 Å². The van der Waals surface area contributed by atoms with Gasteiger partial charge in [0.2, 0.25) is 0 Å². The Kier molecular flexibility index (Phi) is 3.78. The molecular weight excluding hydrogens is 238 g/mol. The lowest BCUT2D eigenvalue weighted by molar-refractivity contribution is 0.0771. The van der Waals surface area contributed by atoms with Gasteiger partial charge >= 0.3 is 0 Å². The summed E-state index contributed by atoms with van der Waals surface area (Å²) < 4.78 is 16.3. The number of nitrogens with zero attached hydrogens (tertiary/aromatic N) is 1. The van der Waals surface area contributed by atoms with Crippen LogP contribution in [0.1, 0.15) is 10.4 Å². The first-order valence-electron chi connectivity index (χ1n) is 5.49. The van der Waals surface area contributed by atoms with Crippen LogP contribution in [0.3, 0.4) is 0 Å². The molecule has 0 unspecified atom stereocenters. The van der Waals surface area contributed by atoms with Gasteiger partial charge in [-0.15, -0.1) is 0 Å². The maximum absolute atomic E-state index is 12.1. The van der Waals surface area contributed by atoms with Gasteiger partial charge in [-0.25, -0.2) is 0 Å². The van der Waals surface area contributed by atoms with Gasteiger partial charge in [0.05, 0.1) is 7.11 Å². The van der Waals surface area contributed by atoms with E-state index in [2.05, 4.69) is 0 Å². The molecule has 5 heteroatoms. The van der Waals surface area contributed by atoms with Crippen molar-refractivity contribution in [2.24, 2.45) is 0 Å². The number of hydrogen-bond acceptors (Lipinski definition) is 3. The second kappa shape index (κ2) is 5.31. The van der Waals surface area contributed by atoms with Crippen molar-refractivity contribution in [1.29, 1.82) is 0 Å². The minimum absolute atomic E-state index is 0.00403. The van der Waals surface area contributed by atoms with Gasteiger partial charge in [0.15, 0.2) is 0 Å². The second-order valence-electron chi connectivity index (χ2n) is 3.87. The number of amides is 1. The van der Waals surface area contributed by atoms with Crippen molar-refractivity contribution >= 4 is 16.7 Å². The summed E-state index contributed by atoms with van der Waals surface area (Å²) in [5.74, 6) is 1.91. The quantitative estimate of drug-likeness (QED) is 0.786. The van der Waals surface area contributed by atoms with Crippen molar-refractivity contribution in [2.75, 3.05) is 31.7 Å². The van der Waals surface area contributed by atoms with Crippen molar-refractivity contribution in [2.45, 2.75) is 0 Å². The first-order valence-corrected chi connectivity index (χ1v) is 6.98. The molecule has 1 aromatic carbocycles. The smallest absolute Gasteiger partial charge is 0.253 e. The van der Waals surface area contributed by atoms with Gasteiger partial charge in [0.25, 0.3) is 5.91 Å². The SMILES string of the molecule is COc1ccc(C(=O)N2CCS(=O)CC2)cc1. The van der Waals surface area contributed by atoms with E-state index >= 15 is 0 Å². The Morgan fingerprint density at radius 1 is 1.24 bits per heavy atom. The average molecular weight is 253 g/mol. The lowest BCUT2D eigenvalue weighted by Gasteiger charge is -2.26. The maximum atomic E-state index is 12.1. The van der Waals surface area contributed by atoms with Crippen LogP contribution in [-0.4, -0.2) is 46.7 Å². The first kappa shape index (κ1) is 12.1. The van der Waals surface area contributed by atoms with Crippen LogP contribution in [-0.2, 0) is 10.8 Å². The van der Waals surface area contributed by atoms with Gasteiger partial charge < -0.3 is 9.64 Å². The maximum Gasteiger partial charge on any atom is 0.253 e. The number of benzene rings is 1. The summed E-state index contributed by atoms with van der Waals surface area (Å²) in [5.41, 5.74) is 0.651. The lowest BCUT2D eigenvalue weighted by Crippen LogP contribution is -2.41. The van der Waals surface area contributed by atoms with Crippen LogP contribution in [0.25, 0.3) is 0 Å². The van der Waals surface area contributed by atoms with E-state index in [9.17, 15) is 9.00 Å². The molecule has 4 nitrogen and oxygen atoms in total. The number of rotatable bonds is 2. The van der Waals surface area contributed by atoms with Gasteiger partial charge in [0, 0.05) is 41.0 Å². The third kappa shape index (κ3) is 2.85. The molecular formula is C12H15NO3S. The van der Waals surface area contributed by atoms with E-state index in [1.54, 1.807) is 36.3 Å². The van der Waals surface area contributed by atoms with Crippen LogP contribution >= 0.6 is 0 Å². The topological polar surface area (TPSA) is 46.6 Å². The fraction of sp³-hybridized carbons (Fsp3) is 0.417. The monoisotopic (exact) mass is 253 g/mol. The standard InChI is InChI=1S/C12H15NO3S/c1-16-11-4-2-10(3-5-11)12(14)13-6-8-17(15)9-7-13/h2-5H,6-9H2,1H3. The van der Waals surface area contributed by atoms with Crippen molar-refractivity contribution in [1.82, 2.24) is 4.90 Å².